The molecule has 16 heavy (non-hydrogen) atoms. The second kappa shape index (κ2) is 5.27. The molecule has 6 heteroatoms. The van der Waals surface area contributed by atoms with Gasteiger partial charge in [0.25, 0.3) is 0 Å². The van der Waals surface area contributed by atoms with E-state index < -0.39 is 15.8 Å². The Labute approximate surface area is 94.7 Å². The second-order valence-corrected chi connectivity index (χ2v) is 5.45. The molecule has 0 saturated heterocycles. The Morgan fingerprint density at radius 2 is 2.00 bits per heavy atom. The van der Waals surface area contributed by atoms with Crippen LogP contribution in [0.3, 0.4) is 0 Å². The van der Waals surface area contributed by atoms with Gasteiger partial charge in [-0.2, -0.15) is 0 Å². The van der Waals surface area contributed by atoms with Crippen LogP contribution in [0.5, 0.6) is 5.75 Å². The molecule has 0 saturated carbocycles. The summed E-state index contributed by atoms with van der Waals surface area (Å²) in [6, 6.07) is 5.99. The lowest BCUT2D eigenvalue weighted by atomic mass is 10.3. The zero-order valence-corrected chi connectivity index (χ0v) is 10.00. The third kappa shape index (κ3) is 3.79. The maximum atomic E-state index is 13.1. The SMILES string of the molecule is CN(CCOc1ccccc1F)S(C)(=O)=O. The highest BCUT2D eigenvalue weighted by Crippen LogP contribution is 2.15. The third-order valence-corrected chi connectivity index (χ3v) is 3.38. The van der Waals surface area contributed by atoms with Gasteiger partial charge in [0, 0.05) is 13.6 Å². The third-order valence-electron chi connectivity index (χ3n) is 2.07. The monoisotopic (exact) mass is 247 g/mol. The van der Waals surface area contributed by atoms with Gasteiger partial charge in [0.1, 0.15) is 6.61 Å². The number of nitrogens with zero attached hydrogens (tertiary/aromatic N) is 1. The van der Waals surface area contributed by atoms with Gasteiger partial charge in [-0.1, -0.05) is 12.1 Å². The van der Waals surface area contributed by atoms with Crippen LogP contribution in [0, 0.1) is 5.82 Å². The zero-order valence-electron chi connectivity index (χ0n) is 9.18. The van der Waals surface area contributed by atoms with Crippen molar-refractivity contribution in [1.82, 2.24) is 4.31 Å². The van der Waals surface area contributed by atoms with Crippen LogP contribution >= 0.6 is 0 Å². The van der Waals surface area contributed by atoms with Gasteiger partial charge in [-0.3, -0.25) is 0 Å². The Morgan fingerprint density at radius 3 is 2.56 bits per heavy atom. The lowest BCUT2D eigenvalue weighted by molar-refractivity contribution is 0.275. The Morgan fingerprint density at radius 1 is 1.38 bits per heavy atom. The highest BCUT2D eigenvalue weighted by Gasteiger charge is 2.10. The van der Waals surface area contributed by atoms with Crippen LogP contribution in [-0.2, 0) is 10.0 Å². The summed E-state index contributed by atoms with van der Waals surface area (Å²) in [6.07, 6.45) is 1.11. The Bertz CT molecular complexity index is 447. The summed E-state index contributed by atoms with van der Waals surface area (Å²) in [7, 11) is -1.76. The summed E-state index contributed by atoms with van der Waals surface area (Å²) in [5.41, 5.74) is 0. The number of likely N-dealkylation sites (N-methyl/N-ethyl adjacent to an activating group) is 1. The van der Waals surface area contributed by atoms with E-state index in [4.69, 9.17) is 4.74 Å². The molecule has 90 valence electrons. The fraction of sp³-hybridized carbons (Fsp3) is 0.400. The van der Waals surface area contributed by atoms with E-state index in [0.717, 1.165) is 10.6 Å². The molecule has 0 amide bonds. The first-order valence-corrected chi connectivity index (χ1v) is 6.55. The van der Waals surface area contributed by atoms with E-state index in [-0.39, 0.29) is 18.9 Å². The van der Waals surface area contributed by atoms with Crippen molar-refractivity contribution >= 4 is 10.0 Å². The minimum absolute atomic E-state index is 0.116. The van der Waals surface area contributed by atoms with Crippen molar-refractivity contribution in [2.45, 2.75) is 0 Å². The molecule has 1 aromatic carbocycles. The molecule has 0 bridgehead atoms. The van der Waals surface area contributed by atoms with E-state index in [1.54, 1.807) is 12.1 Å². The van der Waals surface area contributed by atoms with Crippen LogP contribution in [-0.4, -0.2) is 39.2 Å². The van der Waals surface area contributed by atoms with Crippen LogP contribution in [0.4, 0.5) is 4.39 Å². The van der Waals surface area contributed by atoms with Gasteiger partial charge in [-0.15, -0.1) is 0 Å². The van der Waals surface area contributed by atoms with E-state index in [1.165, 1.54) is 19.2 Å². The maximum Gasteiger partial charge on any atom is 0.211 e. The molecular weight excluding hydrogens is 233 g/mol. The zero-order chi connectivity index (χ0) is 12.2. The van der Waals surface area contributed by atoms with Gasteiger partial charge in [0.2, 0.25) is 10.0 Å². The molecule has 0 aliphatic carbocycles. The molecule has 1 aromatic rings. The molecule has 0 atom stereocenters. The summed E-state index contributed by atoms with van der Waals surface area (Å²) < 4.78 is 41.4. The predicted molar refractivity (Wildman–Crippen MR) is 59.4 cm³/mol. The Kier molecular flexibility index (Phi) is 4.26. The molecule has 0 radical (unpaired) electrons. The van der Waals surface area contributed by atoms with Crippen molar-refractivity contribution in [3.63, 3.8) is 0 Å². The molecule has 0 N–H and O–H groups in total. The summed E-state index contributed by atoms with van der Waals surface area (Å²) in [6.45, 7) is 0.303. The van der Waals surface area contributed by atoms with Crippen molar-refractivity contribution in [2.24, 2.45) is 0 Å². The maximum absolute atomic E-state index is 13.1. The standard InChI is InChI=1S/C10H14FNO3S/c1-12(16(2,13)14)7-8-15-10-6-4-3-5-9(10)11/h3-6H,7-8H2,1-2H3. The summed E-state index contributed by atoms with van der Waals surface area (Å²) in [5.74, 6) is -0.325. The molecule has 4 nitrogen and oxygen atoms in total. The fourth-order valence-corrected chi connectivity index (χ4v) is 1.42. The van der Waals surface area contributed by atoms with E-state index in [1.807, 2.05) is 0 Å². The largest absolute Gasteiger partial charge is 0.489 e. The van der Waals surface area contributed by atoms with E-state index in [0.29, 0.717) is 0 Å². The normalized spacial score (nSPS) is 11.8. The van der Waals surface area contributed by atoms with Gasteiger partial charge in [0.05, 0.1) is 6.26 Å². The molecule has 0 aromatic heterocycles. The quantitative estimate of drug-likeness (QED) is 0.782. The number of benzene rings is 1. The first kappa shape index (κ1) is 12.9. The minimum Gasteiger partial charge on any atom is -0.489 e. The number of rotatable bonds is 5. The lowest BCUT2D eigenvalue weighted by Crippen LogP contribution is -2.29. The number of para-hydroxylation sites is 1. The minimum atomic E-state index is -3.21. The number of hydrogen-bond donors (Lipinski definition) is 0. The van der Waals surface area contributed by atoms with E-state index in [9.17, 15) is 12.8 Å². The Hall–Kier alpha value is -1.14. The summed E-state index contributed by atoms with van der Waals surface area (Å²) in [5, 5.41) is 0. The van der Waals surface area contributed by atoms with Gasteiger partial charge in [0.15, 0.2) is 11.6 Å². The number of sulfonamides is 1. The van der Waals surface area contributed by atoms with Crippen LogP contribution in [0.25, 0.3) is 0 Å². The van der Waals surface area contributed by atoms with Crippen LogP contribution in [0.1, 0.15) is 0 Å². The van der Waals surface area contributed by atoms with Crippen molar-refractivity contribution in [3.05, 3.63) is 30.1 Å². The highest BCUT2D eigenvalue weighted by atomic mass is 32.2. The average Bonchev–Trinajstić information content (AvgIpc) is 2.19. The smallest absolute Gasteiger partial charge is 0.211 e. The van der Waals surface area contributed by atoms with Gasteiger partial charge >= 0.3 is 0 Å². The highest BCUT2D eigenvalue weighted by molar-refractivity contribution is 7.88. The Balaban J connectivity index is 2.46. The van der Waals surface area contributed by atoms with Crippen LogP contribution < -0.4 is 4.74 Å². The van der Waals surface area contributed by atoms with Crippen molar-refractivity contribution < 1.29 is 17.5 Å². The topological polar surface area (TPSA) is 46.6 Å². The van der Waals surface area contributed by atoms with Crippen molar-refractivity contribution in [2.75, 3.05) is 26.5 Å². The average molecular weight is 247 g/mol. The number of hydrogen-bond acceptors (Lipinski definition) is 3. The molecule has 0 spiro atoms. The van der Waals surface area contributed by atoms with E-state index >= 15 is 0 Å². The van der Waals surface area contributed by atoms with Gasteiger partial charge < -0.3 is 4.74 Å². The summed E-state index contributed by atoms with van der Waals surface area (Å²) in [4.78, 5) is 0. The molecule has 1 rings (SSSR count). The number of ether oxygens (including phenoxy) is 1. The first-order chi connectivity index (χ1) is 7.41. The van der Waals surface area contributed by atoms with Crippen LogP contribution in [0.2, 0.25) is 0 Å². The van der Waals surface area contributed by atoms with Gasteiger partial charge in [-0.25, -0.2) is 17.1 Å². The molecule has 0 aliphatic rings. The first-order valence-electron chi connectivity index (χ1n) is 4.70. The van der Waals surface area contributed by atoms with Gasteiger partial charge in [-0.05, 0) is 12.1 Å². The fourth-order valence-electron chi connectivity index (χ4n) is 1.01. The molecule has 0 heterocycles. The summed E-state index contributed by atoms with van der Waals surface area (Å²) >= 11 is 0. The van der Waals surface area contributed by atoms with Crippen molar-refractivity contribution in [1.29, 1.82) is 0 Å². The molecule has 0 unspecified atom stereocenters. The lowest BCUT2D eigenvalue weighted by Gasteiger charge is -2.14. The molecule has 0 fully saturated rings. The predicted octanol–water partition coefficient (Wildman–Crippen LogP) is 1.10. The van der Waals surface area contributed by atoms with Crippen LogP contribution in [0.15, 0.2) is 24.3 Å². The molecule has 0 aliphatic heterocycles. The molecular formula is C10H14FNO3S. The number of halogens is 1. The van der Waals surface area contributed by atoms with Crippen molar-refractivity contribution in [3.8, 4) is 5.75 Å². The second-order valence-electron chi connectivity index (χ2n) is 3.36. The van der Waals surface area contributed by atoms with E-state index in [2.05, 4.69) is 0 Å².